The summed E-state index contributed by atoms with van der Waals surface area (Å²) in [5.74, 6) is 0.0461. The van der Waals surface area contributed by atoms with Crippen LogP contribution in [0.25, 0.3) is 0 Å². The Balaban J connectivity index is 2.84. The number of carbonyl (C=O) groups excluding carboxylic acids is 1. The van der Waals surface area contributed by atoms with E-state index in [4.69, 9.17) is 0 Å². The first-order chi connectivity index (χ1) is 7.34. The highest BCUT2D eigenvalue weighted by atomic mass is 16.2. The van der Waals surface area contributed by atoms with Gasteiger partial charge in [-0.1, -0.05) is 20.8 Å². The zero-order valence-electron chi connectivity index (χ0n) is 10.7. The van der Waals surface area contributed by atoms with Crippen LogP contribution in [0.3, 0.4) is 0 Å². The van der Waals surface area contributed by atoms with E-state index in [1.165, 1.54) is 0 Å². The van der Waals surface area contributed by atoms with Crippen LogP contribution in [-0.4, -0.2) is 28.9 Å². The number of carbonyl (C=O) groups is 1. The molecule has 88 valence electrons. The third kappa shape index (κ3) is 2.81. The summed E-state index contributed by atoms with van der Waals surface area (Å²) in [6.07, 6.45) is 3.28. The van der Waals surface area contributed by atoms with Gasteiger partial charge in [0.2, 0.25) is 0 Å². The van der Waals surface area contributed by atoms with Crippen molar-refractivity contribution in [3.05, 3.63) is 30.1 Å². The predicted octanol–water partition coefficient (Wildman–Crippen LogP) is 2.59. The highest BCUT2D eigenvalue weighted by Gasteiger charge is 2.27. The summed E-state index contributed by atoms with van der Waals surface area (Å²) < 4.78 is 0. The Labute approximate surface area is 97.5 Å². The van der Waals surface area contributed by atoms with Crippen LogP contribution in [0.4, 0.5) is 0 Å². The van der Waals surface area contributed by atoms with Crippen molar-refractivity contribution in [1.29, 1.82) is 0 Å². The minimum absolute atomic E-state index is 0.0461. The first kappa shape index (κ1) is 12.7. The molecule has 0 spiro atoms. The van der Waals surface area contributed by atoms with Crippen LogP contribution in [0.2, 0.25) is 0 Å². The summed E-state index contributed by atoms with van der Waals surface area (Å²) in [5, 5.41) is 0. The standard InChI is InChI=1S/C13H20N2O/c1-10(13(2,3)4)15(5)12(16)11-6-8-14-9-7-11/h6-10H,1-5H3. The van der Waals surface area contributed by atoms with E-state index in [0.717, 1.165) is 0 Å². The molecular weight excluding hydrogens is 200 g/mol. The van der Waals surface area contributed by atoms with Crippen molar-refractivity contribution in [3.63, 3.8) is 0 Å². The molecule has 0 radical (unpaired) electrons. The van der Waals surface area contributed by atoms with Crippen LogP contribution in [0.5, 0.6) is 0 Å². The van der Waals surface area contributed by atoms with Crippen molar-refractivity contribution in [2.24, 2.45) is 5.41 Å². The van der Waals surface area contributed by atoms with Crippen LogP contribution in [0, 0.1) is 5.41 Å². The molecule has 1 heterocycles. The molecule has 1 rings (SSSR count). The lowest BCUT2D eigenvalue weighted by atomic mass is 9.87. The van der Waals surface area contributed by atoms with Crippen molar-refractivity contribution in [3.8, 4) is 0 Å². The first-order valence-electron chi connectivity index (χ1n) is 5.51. The highest BCUT2D eigenvalue weighted by molar-refractivity contribution is 5.94. The summed E-state index contributed by atoms with van der Waals surface area (Å²) in [7, 11) is 1.85. The third-order valence-electron chi connectivity index (χ3n) is 3.08. The zero-order valence-corrected chi connectivity index (χ0v) is 10.7. The normalized spacial score (nSPS) is 13.3. The molecule has 0 aliphatic rings. The molecule has 1 amide bonds. The highest BCUT2D eigenvalue weighted by Crippen LogP contribution is 2.23. The number of amides is 1. The largest absolute Gasteiger partial charge is 0.338 e. The molecule has 0 aliphatic carbocycles. The molecule has 1 aromatic heterocycles. The Hall–Kier alpha value is -1.38. The summed E-state index contributed by atoms with van der Waals surface area (Å²) in [4.78, 5) is 17.8. The fourth-order valence-corrected chi connectivity index (χ4v) is 1.45. The van der Waals surface area contributed by atoms with Crippen LogP contribution in [0.15, 0.2) is 24.5 Å². The molecule has 0 bridgehead atoms. The molecule has 3 nitrogen and oxygen atoms in total. The van der Waals surface area contributed by atoms with Gasteiger partial charge in [-0.05, 0) is 24.5 Å². The smallest absolute Gasteiger partial charge is 0.253 e. The molecule has 0 saturated carbocycles. The predicted molar refractivity (Wildman–Crippen MR) is 65.2 cm³/mol. The van der Waals surface area contributed by atoms with Crippen molar-refractivity contribution < 1.29 is 4.79 Å². The Morgan fingerprint density at radius 2 is 1.81 bits per heavy atom. The van der Waals surface area contributed by atoms with E-state index in [1.807, 2.05) is 7.05 Å². The van der Waals surface area contributed by atoms with Gasteiger partial charge in [-0.3, -0.25) is 9.78 Å². The van der Waals surface area contributed by atoms with Crippen LogP contribution >= 0.6 is 0 Å². The van der Waals surface area contributed by atoms with E-state index in [-0.39, 0.29) is 17.4 Å². The minimum atomic E-state index is 0.0461. The van der Waals surface area contributed by atoms with Crippen LogP contribution < -0.4 is 0 Å². The second-order valence-electron chi connectivity index (χ2n) is 5.19. The van der Waals surface area contributed by atoms with Gasteiger partial charge in [-0.25, -0.2) is 0 Å². The lowest BCUT2D eigenvalue weighted by Crippen LogP contribution is -2.42. The zero-order chi connectivity index (χ0) is 12.3. The molecule has 0 saturated heterocycles. The number of pyridine rings is 1. The van der Waals surface area contributed by atoms with Crippen LogP contribution in [0.1, 0.15) is 38.1 Å². The molecule has 0 aliphatic heterocycles. The molecule has 1 aromatic rings. The van der Waals surface area contributed by atoms with E-state index in [9.17, 15) is 4.79 Å². The minimum Gasteiger partial charge on any atom is -0.338 e. The van der Waals surface area contributed by atoms with Gasteiger partial charge in [0.05, 0.1) is 0 Å². The average Bonchev–Trinajstić information content (AvgIpc) is 2.26. The maximum atomic E-state index is 12.1. The van der Waals surface area contributed by atoms with Crippen molar-refractivity contribution in [1.82, 2.24) is 9.88 Å². The quantitative estimate of drug-likeness (QED) is 0.767. The number of hydrogen-bond donors (Lipinski definition) is 0. The fraction of sp³-hybridized carbons (Fsp3) is 0.538. The van der Waals surface area contributed by atoms with Gasteiger partial charge >= 0.3 is 0 Å². The summed E-state index contributed by atoms with van der Waals surface area (Å²) in [5.41, 5.74) is 0.769. The number of aromatic nitrogens is 1. The molecule has 3 heteroatoms. The van der Waals surface area contributed by atoms with Gasteiger partial charge in [0, 0.05) is 31.0 Å². The van der Waals surface area contributed by atoms with E-state index in [2.05, 4.69) is 32.7 Å². The fourth-order valence-electron chi connectivity index (χ4n) is 1.45. The number of rotatable bonds is 2. The van der Waals surface area contributed by atoms with Gasteiger partial charge in [-0.2, -0.15) is 0 Å². The van der Waals surface area contributed by atoms with Crippen molar-refractivity contribution in [2.75, 3.05) is 7.05 Å². The SMILES string of the molecule is CC(N(C)C(=O)c1ccncc1)C(C)(C)C. The van der Waals surface area contributed by atoms with Gasteiger partial charge in [-0.15, -0.1) is 0 Å². The maximum Gasteiger partial charge on any atom is 0.253 e. The van der Waals surface area contributed by atoms with Gasteiger partial charge in [0.25, 0.3) is 5.91 Å². The lowest BCUT2D eigenvalue weighted by Gasteiger charge is -2.35. The maximum absolute atomic E-state index is 12.1. The van der Waals surface area contributed by atoms with Gasteiger partial charge in [0.15, 0.2) is 0 Å². The Morgan fingerprint density at radius 3 is 2.25 bits per heavy atom. The molecule has 16 heavy (non-hydrogen) atoms. The Bertz CT molecular complexity index is 354. The topological polar surface area (TPSA) is 33.2 Å². The Kier molecular flexibility index (Phi) is 3.68. The van der Waals surface area contributed by atoms with Crippen molar-refractivity contribution >= 4 is 5.91 Å². The van der Waals surface area contributed by atoms with E-state index >= 15 is 0 Å². The van der Waals surface area contributed by atoms with Crippen molar-refractivity contribution in [2.45, 2.75) is 33.7 Å². The first-order valence-corrected chi connectivity index (χ1v) is 5.51. The van der Waals surface area contributed by atoms with Gasteiger partial charge < -0.3 is 4.90 Å². The number of hydrogen-bond acceptors (Lipinski definition) is 2. The second-order valence-corrected chi connectivity index (χ2v) is 5.19. The second kappa shape index (κ2) is 4.64. The summed E-state index contributed by atoms with van der Waals surface area (Å²) in [6.45, 7) is 8.47. The van der Waals surface area contributed by atoms with E-state index < -0.39 is 0 Å². The van der Waals surface area contributed by atoms with E-state index in [0.29, 0.717) is 5.56 Å². The third-order valence-corrected chi connectivity index (χ3v) is 3.08. The molecular formula is C13H20N2O. The monoisotopic (exact) mass is 220 g/mol. The molecule has 0 N–H and O–H groups in total. The molecule has 1 atom stereocenters. The Morgan fingerprint density at radius 1 is 1.31 bits per heavy atom. The molecule has 0 aromatic carbocycles. The average molecular weight is 220 g/mol. The summed E-state index contributed by atoms with van der Waals surface area (Å²) in [6, 6.07) is 3.68. The molecule has 1 unspecified atom stereocenters. The lowest BCUT2D eigenvalue weighted by molar-refractivity contribution is 0.0629. The number of nitrogens with zero attached hydrogens (tertiary/aromatic N) is 2. The van der Waals surface area contributed by atoms with Crippen LogP contribution in [-0.2, 0) is 0 Å². The molecule has 0 fully saturated rings. The van der Waals surface area contributed by atoms with E-state index in [1.54, 1.807) is 29.4 Å². The van der Waals surface area contributed by atoms with Gasteiger partial charge in [0.1, 0.15) is 0 Å². The summed E-state index contributed by atoms with van der Waals surface area (Å²) >= 11 is 0.